The highest BCUT2D eigenvalue weighted by atomic mass is 19.3. The number of ether oxygens (including phenoxy) is 2. The van der Waals surface area contributed by atoms with Crippen molar-refractivity contribution in [2.45, 2.75) is 38.5 Å². The van der Waals surface area contributed by atoms with Gasteiger partial charge in [0.1, 0.15) is 0 Å². The number of hydrogen-bond donors (Lipinski definition) is 1. The lowest BCUT2D eigenvalue weighted by Crippen LogP contribution is -2.34. The zero-order chi connectivity index (χ0) is 13.7. The van der Waals surface area contributed by atoms with E-state index in [2.05, 4.69) is 10.3 Å². The summed E-state index contributed by atoms with van der Waals surface area (Å²) in [5.74, 6) is 0.232. The van der Waals surface area contributed by atoms with Gasteiger partial charge in [0.15, 0.2) is 6.61 Å². The molecule has 1 saturated heterocycles. The van der Waals surface area contributed by atoms with E-state index in [4.69, 9.17) is 9.47 Å². The summed E-state index contributed by atoms with van der Waals surface area (Å²) in [6, 6.07) is 5.47. The van der Waals surface area contributed by atoms with Crippen molar-refractivity contribution in [1.29, 1.82) is 0 Å². The molecule has 2 rings (SSSR count). The maximum absolute atomic E-state index is 12.0. The zero-order valence-corrected chi connectivity index (χ0v) is 10.8. The van der Waals surface area contributed by atoms with Crippen LogP contribution in [0.25, 0.3) is 0 Å². The van der Waals surface area contributed by atoms with E-state index in [9.17, 15) is 8.78 Å². The van der Waals surface area contributed by atoms with Crippen LogP contribution in [0.15, 0.2) is 18.2 Å². The van der Waals surface area contributed by atoms with Gasteiger partial charge in [-0.25, -0.2) is 13.8 Å². The number of pyridine rings is 1. The fourth-order valence-corrected chi connectivity index (χ4v) is 2.02. The van der Waals surface area contributed by atoms with Crippen LogP contribution in [-0.4, -0.2) is 36.8 Å². The Morgan fingerprint density at radius 3 is 3.05 bits per heavy atom. The second-order valence-electron chi connectivity index (χ2n) is 4.52. The Kier molecular flexibility index (Phi) is 5.04. The van der Waals surface area contributed by atoms with E-state index in [1.807, 2.05) is 13.0 Å². The van der Waals surface area contributed by atoms with Crippen LogP contribution in [0.5, 0.6) is 5.88 Å². The minimum atomic E-state index is -2.49. The number of aromatic nitrogens is 1. The summed E-state index contributed by atoms with van der Waals surface area (Å²) in [7, 11) is 0. The lowest BCUT2D eigenvalue weighted by Gasteiger charge is -2.15. The SMILES string of the molecule is C[C@@H]1OCC[C@H]1NCc1cccc(OCC(F)F)n1. The van der Waals surface area contributed by atoms with Crippen molar-refractivity contribution in [2.24, 2.45) is 0 Å². The number of nitrogens with one attached hydrogen (secondary N) is 1. The van der Waals surface area contributed by atoms with Crippen LogP contribution in [0.4, 0.5) is 8.78 Å². The lowest BCUT2D eigenvalue weighted by molar-refractivity contribution is 0.0794. The fourth-order valence-electron chi connectivity index (χ4n) is 2.02. The molecule has 0 spiro atoms. The highest BCUT2D eigenvalue weighted by Gasteiger charge is 2.23. The molecule has 106 valence electrons. The van der Waals surface area contributed by atoms with Crippen molar-refractivity contribution in [3.05, 3.63) is 23.9 Å². The van der Waals surface area contributed by atoms with E-state index in [1.54, 1.807) is 12.1 Å². The normalized spacial score (nSPS) is 22.9. The maximum Gasteiger partial charge on any atom is 0.272 e. The van der Waals surface area contributed by atoms with Crippen LogP contribution in [0, 0.1) is 0 Å². The third kappa shape index (κ3) is 4.40. The summed E-state index contributed by atoms with van der Waals surface area (Å²) in [4.78, 5) is 4.17. The third-order valence-electron chi connectivity index (χ3n) is 3.06. The summed E-state index contributed by atoms with van der Waals surface area (Å²) < 4.78 is 34.4. The Labute approximate surface area is 111 Å². The van der Waals surface area contributed by atoms with Gasteiger partial charge in [0.2, 0.25) is 5.88 Å². The van der Waals surface area contributed by atoms with Crippen molar-refractivity contribution in [2.75, 3.05) is 13.2 Å². The second-order valence-corrected chi connectivity index (χ2v) is 4.52. The molecule has 1 fully saturated rings. The molecule has 4 nitrogen and oxygen atoms in total. The molecule has 0 aromatic carbocycles. The van der Waals surface area contributed by atoms with Crippen LogP contribution in [0.1, 0.15) is 19.0 Å². The van der Waals surface area contributed by atoms with Gasteiger partial charge < -0.3 is 14.8 Å². The van der Waals surface area contributed by atoms with Crippen LogP contribution < -0.4 is 10.1 Å². The fraction of sp³-hybridized carbons (Fsp3) is 0.615. The highest BCUT2D eigenvalue weighted by molar-refractivity contribution is 5.15. The molecule has 0 bridgehead atoms. The first kappa shape index (κ1) is 14.1. The molecule has 0 unspecified atom stereocenters. The van der Waals surface area contributed by atoms with E-state index in [1.165, 1.54) is 0 Å². The molecule has 1 aliphatic heterocycles. The molecular formula is C13H18F2N2O2. The Hall–Kier alpha value is -1.27. The van der Waals surface area contributed by atoms with Crippen molar-refractivity contribution in [3.63, 3.8) is 0 Å². The molecule has 1 aliphatic rings. The molecule has 0 radical (unpaired) electrons. The van der Waals surface area contributed by atoms with Gasteiger partial charge in [-0.2, -0.15) is 0 Å². The van der Waals surface area contributed by atoms with E-state index >= 15 is 0 Å². The molecular weight excluding hydrogens is 254 g/mol. The summed E-state index contributed by atoms with van der Waals surface area (Å²) in [6.07, 6.45) is -1.32. The first-order chi connectivity index (χ1) is 9.15. The molecule has 1 aromatic heterocycles. The van der Waals surface area contributed by atoms with Gasteiger partial charge in [0.05, 0.1) is 11.8 Å². The van der Waals surface area contributed by atoms with Crippen LogP contribution in [0.2, 0.25) is 0 Å². The average molecular weight is 272 g/mol. The summed E-state index contributed by atoms with van der Waals surface area (Å²) in [6.45, 7) is 2.74. The van der Waals surface area contributed by atoms with Crippen molar-refractivity contribution in [3.8, 4) is 5.88 Å². The average Bonchev–Trinajstić information content (AvgIpc) is 2.80. The van der Waals surface area contributed by atoms with E-state index in [0.717, 1.165) is 18.7 Å². The Morgan fingerprint density at radius 2 is 2.37 bits per heavy atom. The Morgan fingerprint density at radius 1 is 1.53 bits per heavy atom. The first-order valence-electron chi connectivity index (χ1n) is 6.37. The highest BCUT2D eigenvalue weighted by Crippen LogP contribution is 2.14. The van der Waals surface area contributed by atoms with Gasteiger partial charge in [-0.15, -0.1) is 0 Å². The van der Waals surface area contributed by atoms with Gasteiger partial charge in [-0.3, -0.25) is 0 Å². The van der Waals surface area contributed by atoms with E-state index in [0.29, 0.717) is 12.6 Å². The van der Waals surface area contributed by atoms with Crippen molar-refractivity contribution in [1.82, 2.24) is 10.3 Å². The minimum absolute atomic E-state index is 0.193. The predicted octanol–water partition coefficient (Wildman–Crippen LogP) is 1.99. The number of nitrogens with zero attached hydrogens (tertiary/aromatic N) is 1. The molecule has 2 heterocycles. The van der Waals surface area contributed by atoms with Crippen molar-refractivity contribution < 1.29 is 18.3 Å². The predicted molar refractivity (Wildman–Crippen MR) is 66.4 cm³/mol. The van der Waals surface area contributed by atoms with Crippen LogP contribution in [-0.2, 0) is 11.3 Å². The molecule has 1 aromatic rings. The molecule has 6 heteroatoms. The van der Waals surface area contributed by atoms with E-state index in [-0.39, 0.29) is 12.0 Å². The second kappa shape index (κ2) is 6.77. The van der Waals surface area contributed by atoms with Gasteiger partial charge >= 0.3 is 0 Å². The molecule has 19 heavy (non-hydrogen) atoms. The topological polar surface area (TPSA) is 43.4 Å². The van der Waals surface area contributed by atoms with Gasteiger partial charge in [-0.05, 0) is 19.4 Å². The van der Waals surface area contributed by atoms with Gasteiger partial charge in [0, 0.05) is 25.3 Å². The summed E-state index contributed by atoms with van der Waals surface area (Å²) >= 11 is 0. The number of alkyl halides is 2. The smallest absolute Gasteiger partial charge is 0.272 e. The number of hydrogen-bond acceptors (Lipinski definition) is 4. The zero-order valence-electron chi connectivity index (χ0n) is 10.8. The van der Waals surface area contributed by atoms with Crippen LogP contribution in [0.3, 0.4) is 0 Å². The maximum atomic E-state index is 12.0. The molecule has 0 aliphatic carbocycles. The van der Waals surface area contributed by atoms with Gasteiger partial charge in [0.25, 0.3) is 6.43 Å². The first-order valence-corrected chi connectivity index (χ1v) is 6.37. The quantitative estimate of drug-likeness (QED) is 0.860. The molecule has 2 atom stereocenters. The Bertz CT molecular complexity index is 404. The number of halogens is 2. The lowest BCUT2D eigenvalue weighted by atomic mass is 10.1. The molecule has 0 amide bonds. The molecule has 1 N–H and O–H groups in total. The summed E-state index contributed by atoms with van der Waals surface area (Å²) in [5.41, 5.74) is 0.769. The summed E-state index contributed by atoms with van der Waals surface area (Å²) in [5, 5.41) is 3.35. The largest absolute Gasteiger partial charge is 0.472 e. The standard InChI is InChI=1S/C13H18F2N2O2/c1-9-11(5-6-18-9)16-7-10-3-2-4-13(17-10)19-8-12(14)15/h2-4,9,11-12,16H,5-8H2,1H3/t9-,11+/m0/s1. The van der Waals surface area contributed by atoms with Crippen molar-refractivity contribution >= 4 is 0 Å². The molecule has 0 saturated carbocycles. The third-order valence-corrected chi connectivity index (χ3v) is 3.06. The minimum Gasteiger partial charge on any atom is -0.472 e. The van der Waals surface area contributed by atoms with Crippen LogP contribution >= 0.6 is 0 Å². The van der Waals surface area contributed by atoms with E-state index < -0.39 is 13.0 Å². The van der Waals surface area contributed by atoms with Gasteiger partial charge in [-0.1, -0.05) is 6.07 Å². The monoisotopic (exact) mass is 272 g/mol. The Balaban J connectivity index is 1.84. The number of rotatable bonds is 6.